The summed E-state index contributed by atoms with van der Waals surface area (Å²) in [6.07, 6.45) is 2.45. The molecule has 0 aliphatic carbocycles. The van der Waals surface area contributed by atoms with Gasteiger partial charge in [0.1, 0.15) is 11.6 Å². The molecule has 0 aliphatic heterocycles. The van der Waals surface area contributed by atoms with E-state index in [1.54, 1.807) is 0 Å². The quantitative estimate of drug-likeness (QED) is 0.601. The predicted molar refractivity (Wildman–Crippen MR) is 73.9 cm³/mol. The lowest BCUT2D eigenvalue weighted by Gasteiger charge is -2.08. The number of methoxy groups -OCH3 is 1. The molecular weight excluding hydrogens is 282 g/mol. The molecule has 0 radical (unpaired) electrons. The topological polar surface area (TPSA) is 67.4 Å². The Bertz CT molecular complexity index is 495. The number of ether oxygens (including phenoxy) is 1. The molecule has 2 N–H and O–H groups in total. The summed E-state index contributed by atoms with van der Waals surface area (Å²) >= 11 is 0. The molecule has 0 saturated carbocycles. The van der Waals surface area contributed by atoms with Crippen molar-refractivity contribution >= 4 is 17.7 Å². The second-order valence-corrected chi connectivity index (χ2v) is 4.39. The maximum Gasteiger partial charge on any atom is 0.319 e. The average Bonchev–Trinajstić information content (AvgIpc) is 2.46. The van der Waals surface area contributed by atoms with Crippen LogP contribution in [0.1, 0.15) is 25.7 Å². The van der Waals surface area contributed by atoms with Gasteiger partial charge in [-0.05, 0) is 25.0 Å². The van der Waals surface area contributed by atoms with Crippen LogP contribution in [0.3, 0.4) is 0 Å². The molecule has 0 unspecified atom stereocenters. The molecule has 0 aliphatic rings. The zero-order valence-electron chi connectivity index (χ0n) is 11.7. The van der Waals surface area contributed by atoms with Crippen LogP contribution in [0.4, 0.5) is 19.3 Å². The minimum Gasteiger partial charge on any atom is -0.469 e. The molecule has 1 aromatic carbocycles. The first-order valence-corrected chi connectivity index (χ1v) is 6.59. The molecule has 0 saturated heterocycles. The molecule has 0 aromatic heterocycles. The number of anilines is 1. The number of esters is 1. The number of hydrogen-bond acceptors (Lipinski definition) is 3. The lowest BCUT2D eigenvalue weighted by molar-refractivity contribution is -0.140. The smallest absolute Gasteiger partial charge is 0.319 e. The van der Waals surface area contributed by atoms with E-state index in [1.165, 1.54) is 7.11 Å². The normalized spacial score (nSPS) is 10.0. The van der Waals surface area contributed by atoms with Gasteiger partial charge in [0, 0.05) is 19.0 Å². The Hall–Kier alpha value is -2.18. The lowest BCUT2D eigenvalue weighted by atomic mass is 10.2. The second kappa shape index (κ2) is 8.89. The van der Waals surface area contributed by atoms with Crippen LogP contribution >= 0.6 is 0 Å². The number of unbranched alkanes of at least 4 members (excludes halogenated alkanes) is 2. The van der Waals surface area contributed by atoms with Crippen molar-refractivity contribution in [2.45, 2.75) is 25.7 Å². The Labute approximate surface area is 121 Å². The number of rotatable bonds is 7. The lowest BCUT2D eigenvalue weighted by Crippen LogP contribution is -2.29. The molecular formula is C14H18F2N2O3. The molecule has 116 valence electrons. The van der Waals surface area contributed by atoms with Crippen LogP contribution in [-0.4, -0.2) is 25.7 Å². The molecule has 7 heteroatoms. The number of carbonyl (C=O) groups is 2. The third-order valence-corrected chi connectivity index (χ3v) is 2.75. The highest BCUT2D eigenvalue weighted by Crippen LogP contribution is 2.14. The van der Waals surface area contributed by atoms with E-state index < -0.39 is 17.7 Å². The maximum atomic E-state index is 13.3. The molecule has 21 heavy (non-hydrogen) atoms. The van der Waals surface area contributed by atoms with Crippen LogP contribution < -0.4 is 10.6 Å². The Morgan fingerprint density at radius 1 is 1.19 bits per heavy atom. The molecule has 2 amide bonds. The standard InChI is InChI=1S/C14H18F2N2O3/c1-21-13(19)5-3-2-4-8-17-14(20)18-12-9-10(15)6-7-11(12)16/h6-7,9H,2-5,8H2,1H3,(H2,17,18,20). The number of nitrogens with one attached hydrogen (secondary N) is 2. The summed E-state index contributed by atoms with van der Waals surface area (Å²) in [6.45, 7) is 0.379. The minimum absolute atomic E-state index is 0.210. The summed E-state index contributed by atoms with van der Waals surface area (Å²) in [5, 5.41) is 4.75. The van der Waals surface area contributed by atoms with E-state index in [-0.39, 0.29) is 11.7 Å². The van der Waals surface area contributed by atoms with Crippen molar-refractivity contribution in [2.75, 3.05) is 19.0 Å². The van der Waals surface area contributed by atoms with Crippen molar-refractivity contribution in [1.82, 2.24) is 5.32 Å². The Morgan fingerprint density at radius 3 is 2.67 bits per heavy atom. The van der Waals surface area contributed by atoms with E-state index in [0.717, 1.165) is 24.6 Å². The van der Waals surface area contributed by atoms with Gasteiger partial charge in [-0.15, -0.1) is 0 Å². The summed E-state index contributed by atoms with van der Waals surface area (Å²) in [7, 11) is 1.33. The van der Waals surface area contributed by atoms with Crippen LogP contribution in [0.25, 0.3) is 0 Å². The number of urea groups is 1. The molecule has 1 aromatic rings. The largest absolute Gasteiger partial charge is 0.469 e. The third kappa shape index (κ3) is 6.69. The van der Waals surface area contributed by atoms with E-state index in [0.29, 0.717) is 25.8 Å². The van der Waals surface area contributed by atoms with E-state index >= 15 is 0 Å². The van der Waals surface area contributed by atoms with Gasteiger partial charge in [-0.3, -0.25) is 4.79 Å². The highest BCUT2D eigenvalue weighted by Gasteiger charge is 2.07. The van der Waals surface area contributed by atoms with Gasteiger partial charge in [0.05, 0.1) is 12.8 Å². The van der Waals surface area contributed by atoms with E-state index in [1.807, 2.05) is 0 Å². The molecule has 0 heterocycles. The molecule has 1 rings (SSSR count). The van der Waals surface area contributed by atoms with Crippen molar-refractivity contribution in [2.24, 2.45) is 0 Å². The van der Waals surface area contributed by atoms with Crippen LogP contribution in [0, 0.1) is 11.6 Å². The summed E-state index contributed by atoms with van der Waals surface area (Å²) in [5.74, 6) is -1.60. The van der Waals surface area contributed by atoms with Gasteiger partial charge in [0.15, 0.2) is 0 Å². The first-order chi connectivity index (χ1) is 10.0. The fourth-order valence-corrected chi connectivity index (χ4v) is 1.63. The Balaban J connectivity index is 2.20. The SMILES string of the molecule is COC(=O)CCCCCNC(=O)Nc1cc(F)ccc1F. The summed E-state index contributed by atoms with van der Waals surface area (Å²) in [4.78, 5) is 22.3. The Kier molecular flexibility index (Phi) is 7.14. The second-order valence-electron chi connectivity index (χ2n) is 4.39. The number of hydrogen-bond donors (Lipinski definition) is 2. The number of halogens is 2. The van der Waals surface area contributed by atoms with Gasteiger partial charge in [-0.2, -0.15) is 0 Å². The van der Waals surface area contributed by atoms with E-state index in [2.05, 4.69) is 15.4 Å². The Morgan fingerprint density at radius 2 is 1.95 bits per heavy atom. The highest BCUT2D eigenvalue weighted by molar-refractivity contribution is 5.89. The van der Waals surface area contributed by atoms with Crippen LogP contribution in [0.5, 0.6) is 0 Å². The van der Waals surface area contributed by atoms with Gasteiger partial charge in [0.2, 0.25) is 0 Å². The van der Waals surface area contributed by atoms with Crippen LogP contribution in [0.2, 0.25) is 0 Å². The first kappa shape index (κ1) is 16.9. The van der Waals surface area contributed by atoms with Crippen molar-refractivity contribution < 1.29 is 23.1 Å². The zero-order valence-corrected chi connectivity index (χ0v) is 11.7. The van der Waals surface area contributed by atoms with Gasteiger partial charge >= 0.3 is 12.0 Å². The van der Waals surface area contributed by atoms with E-state index in [9.17, 15) is 18.4 Å². The fourth-order valence-electron chi connectivity index (χ4n) is 1.63. The highest BCUT2D eigenvalue weighted by atomic mass is 19.1. The first-order valence-electron chi connectivity index (χ1n) is 6.59. The maximum absolute atomic E-state index is 13.3. The molecule has 0 bridgehead atoms. The molecule has 0 spiro atoms. The van der Waals surface area contributed by atoms with Gasteiger partial charge in [-0.25, -0.2) is 13.6 Å². The van der Waals surface area contributed by atoms with Crippen molar-refractivity contribution in [3.05, 3.63) is 29.8 Å². The monoisotopic (exact) mass is 300 g/mol. The number of carbonyl (C=O) groups excluding carboxylic acids is 2. The van der Waals surface area contributed by atoms with Crippen LogP contribution in [0.15, 0.2) is 18.2 Å². The van der Waals surface area contributed by atoms with Gasteiger partial charge < -0.3 is 15.4 Å². The molecule has 0 atom stereocenters. The molecule has 0 fully saturated rings. The summed E-state index contributed by atoms with van der Waals surface area (Å²) < 4.78 is 30.7. The van der Waals surface area contributed by atoms with Gasteiger partial charge in [-0.1, -0.05) is 6.42 Å². The number of benzene rings is 1. The minimum atomic E-state index is -0.704. The summed E-state index contributed by atoms with van der Waals surface area (Å²) in [6, 6.07) is 2.22. The fraction of sp³-hybridized carbons (Fsp3) is 0.429. The zero-order chi connectivity index (χ0) is 15.7. The molecule has 5 nitrogen and oxygen atoms in total. The number of amides is 2. The van der Waals surface area contributed by atoms with Crippen molar-refractivity contribution in [3.8, 4) is 0 Å². The predicted octanol–water partition coefficient (Wildman–Crippen LogP) is 2.82. The summed E-state index contributed by atoms with van der Waals surface area (Å²) in [5.41, 5.74) is -0.210. The van der Waals surface area contributed by atoms with Crippen molar-refractivity contribution in [1.29, 1.82) is 0 Å². The van der Waals surface area contributed by atoms with E-state index in [4.69, 9.17) is 0 Å². The van der Waals surface area contributed by atoms with Crippen LogP contribution in [-0.2, 0) is 9.53 Å². The van der Waals surface area contributed by atoms with Gasteiger partial charge in [0.25, 0.3) is 0 Å². The average molecular weight is 300 g/mol. The third-order valence-electron chi connectivity index (χ3n) is 2.75. The van der Waals surface area contributed by atoms with Crippen molar-refractivity contribution in [3.63, 3.8) is 0 Å².